The topological polar surface area (TPSA) is 85.7 Å². The van der Waals surface area contributed by atoms with E-state index >= 15 is 0 Å². The molecule has 1 unspecified atom stereocenters. The lowest BCUT2D eigenvalue weighted by molar-refractivity contribution is -0.125. The van der Waals surface area contributed by atoms with Crippen molar-refractivity contribution in [2.75, 3.05) is 24.8 Å². The number of rotatable bonds is 4. The molecule has 3 heterocycles. The van der Waals surface area contributed by atoms with Gasteiger partial charge in [-0.25, -0.2) is 4.68 Å². The van der Waals surface area contributed by atoms with E-state index in [0.29, 0.717) is 18.8 Å². The maximum absolute atomic E-state index is 12.6. The summed E-state index contributed by atoms with van der Waals surface area (Å²) in [6, 6.07) is 8.90. The number of hydrogen-bond acceptors (Lipinski definition) is 6. The molecule has 2 aliphatic rings. The molecule has 0 spiro atoms. The molecule has 1 aromatic heterocycles. The fourth-order valence-electron chi connectivity index (χ4n) is 3.44. The Morgan fingerprint density at radius 3 is 2.96 bits per heavy atom. The van der Waals surface area contributed by atoms with Crippen molar-refractivity contribution >= 4 is 11.7 Å². The van der Waals surface area contributed by atoms with Crippen LogP contribution in [0.15, 0.2) is 35.1 Å². The molecule has 142 valence electrons. The molecule has 0 aliphatic carbocycles. The Morgan fingerprint density at radius 2 is 2.11 bits per heavy atom. The van der Waals surface area contributed by atoms with Crippen LogP contribution in [0.2, 0.25) is 0 Å². The number of amides is 1. The Bertz CT molecular complexity index is 911. The summed E-state index contributed by atoms with van der Waals surface area (Å²) >= 11 is 0. The largest absolute Gasteiger partial charge is 0.454 e. The van der Waals surface area contributed by atoms with Crippen LogP contribution in [-0.4, -0.2) is 35.6 Å². The van der Waals surface area contributed by atoms with E-state index < -0.39 is 0 Å². The Labute approximate surface area is 156 Å². The minimum absolute atomic E-state index is 0.0298. The first-order valence-corrected chi connectivity index (χ1v) is 9.06. The molecular formula is C19H22N4O4. The number of aromatic nitrogens is 2. The number of carbonyl (C=O) groups is 1. The van der Waals surface area contributed by atoms with Crippen LogP contribution in [0.4, 0.5) is 5.82 Å². The molecule has 4 rings (SSSR count). The second kappa shape index (κ2) is 7.30. The molecule has 1 N–H and O–H groups in total. The number of carbonyl (C=O) groups excluding carboxylic acids is 1. The summed E-state index contributed by atoms with van der Waals surface area (Å²) in [5, 5.41) is 7.30. The highest BCUT2D eigenvalue weighted by atomic mass is 16.7. The van der Waals surface area contributed by atoms with Crippen LogP contribution in [0.1, 0.15) is 18.4 Å². The molecular weight excluding hydrogens is 348 g/mol. The van der Waals surface area contributed by atoms with E-state index in [1.165, 1.54) is 10.7 Å². The van der Waals surface area contributed by atoms with Gasteiger partial charge in [0.15, 0.2) is 11.5 Å². The quantitative estimate of drug-likeness (QED) is 0.866. The Balaban J connectivity index is 1.37. The average Bonchev–Trinajstić information content (AvgIpc) is 3.16. The number of fused-ring (bicyclic) bond motifs is 1. The third-order valence-electron chi connectivity index (χ3n) is 4.97. The lowest BCUT2D eigenvalue weighted by Crippen LogP contribution is -2.43. The van der Waals surface area contributed by atoms with E-state index in [0.717, 1.165) is 36.5 Å². The summed E-state index contributed by atoms with van der Waals surface area (Å²) < 4.78 is 12.0. The smallest absolute Gasteiger partial charge is 0.266 e. The number of aryl methyl sites for hydroxylation is 1. The lowest BCUT2D eigenvalue weighted by atomic mass is 9.97. The highest BCUT2D eigenvalue weighted by molar-refractivity contribution is 5.79. The second-order valence-corrected chi connectivity index (χ2v) is 6.84. The molecule has 0 bridgehead atoms. The molecule has 8 heteroatoms. The van der Waals surface area contributed by atoms with E-state index in [9.17, 15) is 9.59 Å². The van der Waals surface area contributed by atoms with Gasteiger partial charge < -0.3 is 19.7 Å². The SMILES string of the molecule is Cn1nc(N2CCCC(C(=O)NCc3ccc4c(c3)OCO4)C2)ccc1=O. The monoisotopic (exact) mass is 370 g/mol. The van der Waals surface area contributed by atoms with E-state index in [1.54, 1.807) is 13.1 Å². The third kappa shape index (κ3) is 3.74. The molecule has 27 heavy (non-hydrogen) atoms. The summed E-state index contributed by atoms with van der Waals surface area (Å²) in [5.41, 5.74) is 0.828. The van der Waals surface area contributed by atoms with Crippen molar-refractivity contribution in [2.24, 2.45) is 13.0 Å². The van der Waals surface area contributed by atoms with Gasteiger partial charge >= 0.3 is 0 Å². The molecule has 0 radical (unpaired) electrons. The predicted molar refractivity (Wildman–Crippen MR) is 98.8 cm³/mol. The van der Waals surface area contributed by atoms with Gasteiger partial charge in [0, 0.05) is 32.7 Å². The van der Waals surface area contributed by atoms with E-state index in [2.05, 4.69) is 15.3 Å². The number of ether oxygens (including phenoxy) is 2. The maximum atomic E-state index is 12.6. The Morgan fingerprint density at radius 1 is 1.26 bits per heavy atom. The summed E-state index contributed by atoms with van der Waals surface area (Å²) in [7, 11) is 1.63. The molecule has 2 aliphatic heterocycles. The normalized spacial score (nSPS) is 18.4. The molecule has 1 saturated heterocycles. The minimum Gasteiger partial charge on any atom is -0.454 e. The van der Waals surface area contributed by atoms with Crippen LogP contribution < -0.4 is 25.2 Å². The van der Waals surface area contributed by atoms with Crippen LogP contribution in [-0.2, 0) is 18.4 Å². The van der Waals surface area contributed by atoms with E-state index in [4.69, 9.17) is 9.47 Å². The first-order valence-electron chi connectivity index (χ1n) is 9.06. The zero-order valence-electron chi connectivity index (χ0n) is 15.2. The molecule has 2 aromatic rings. The number of nitrogens with one attached hydrogen (secondary N) is 1. The minimum atomic E-state index is -0.145. The molecule has 1 amide bonds. The fourth-order valence-corrected chi connectivity index (χ4v) is 3.44. The number of hydrogen-bond donors (Lipinski definition) is 1. The summed E-state index contributed by atoms with van der Waals surface area (Å²) in [6.07, 6.45) is 1.75. The summed E-state index contributed by atoms with van der Waals surface area (Å²) in [5.74, 6) is 2.10. The van der Waals surface area contributed by atoms with E-state index in [1.807, 2.05) is 18.2 Å². The highest BCUT2D eigenvalue weighted by Gasteiger charge is 2.26. The standard InChI is InChI=1S/C19H22N4O4/c1-22-18(24)7-6-17(21-22)23-8-2-3-14(11-23)19(25)20-10-13-4-5-15-16(9-13)27-12-26-15/h4-7,9,14H,2-3,8,10-12H2,1H3,(H,20,25). The zero-order valence-corrected chi connectivity index (χ0v) is 15.2. The van der Waals surface area contributed by atoms with Crippen molar-refractivity contribution in [3.8, 4) is 11.5 Å². The number of piperidine rings is 1. The first-order chi connectivity index (χ1) is 13.1. The van der Waals surface area contributed by atoms with Gasteiger partial charge in [-0.15, -0.1) is 0 Å². The molecule has 1 atom stereocenters. The van der Waals surface area contributed by atoms with Gasteiger partial charge in [-0.05, 0) is 36.6 Å². The second-order valence-electron chi connectivity index (χ2n) is 6.84. The van der Waals surface area contributed by atoms with Crippen molar-refractivity contribution in [1.82, 2.24) is 15.1 Å². The summed E-state index contributed by atoms with van der Waals surface area (Å²) in [4.78, 5) is 26.2. The van der Waals surface area contributed by atoms with Crippen LogP contribution in [0.3, 0.4) is 0 Å². The number of nitrogens with zero attached hydrogens (tertiary/aromatic N) is 3. The predicted octanol–water partition coefficient (Wildman–Crippen LogP) is 1.04. The van der Waals surface area contributed by atoms with Gasteiger partial charge in [0.2, 0.25) is 12.7 Å². The van der Waals surface area contributed by atoms with Crippen LogP contribution in [0, 0.1) is 5.92 Å². The van der Waals surface area contributed by atoms with Crippen LogP contribution in [0.5, 0.6) is 11.5 Å². The van der Waals surface area contributed by atoms with Crippen molar-refractivity contribution in [3.63, 3.8) is 0 Å². The Hall–Kier alpha value is -3.03. The maximum Gasteiger partial charge on any atom is 0.266 e. The number of benzene rings is 1. The molecule has 1 aromatic carbocycles. The van der Waals surface area contributed by atoms with Gasteiger partial charge in [0.05, 0.1) is 5.92 Å². The van der Waals surface area contributed by atoms with Crippen LogP contribution in [0.25, 0.3) is 0 Å². The number of anilines is 1. The van der Waals surface area contributed by atoms with Crippen molar-refractivity contribution < 1.29 is 14.3 Å². The van der Waals surface area contributed by atoms with Crippen LogP contribution >= 0.6 is 0 Å². The zero-order chi connectivity index (χ0) is 18.8. The van der Waals surface area contributed by atoms with Gasteiger partial charge in [0.1, 0.15) is 5.82 Å². The van der Waals surface area contributed by atoms with E-state index in [-0.39, 0.29) is 24.2 Å². The van der Waals surface area contributed by atoms with Gasteiger partial charge in [0.25, 0.3) is 5.56 Å². The van der Waals surface area contributed by atoms with Gasteiger partial charge in [-0.3, -0.25) is 9.59 Å². The lowest BCUT2D eigenvalue weighted by Gasteiger charge is -2.32. The fraction of sp³-hybridized carbons (Fsp3) is 0.421. The van der Waals surface area contributed by atoms with Crippen molar-refractivity contribution in [3.05, 3.63) is 46.2 Å². The Kier molecular flexibility index (Phi) is 4.70. The molecule has 8 nitrogen and oxygen atoms in total. The van der Waals surface area contributed by atoms with Crippen molar-refractivity contribution in [2.45, 2.75) is 19.4 Å². The van der Waals surface area contributed by atoms with Crippen molar-refractivity contribution in [1.29, 1.82) is 0 Å². The van der Waals surface area contributed by atoms with Gasteiger partial charge in [-0.1, -0.05) is 6.07 Å². The average molecular weight is 370 g/mol. The first kappa shape index (κ1) is 17.4. The third-order valence-corrected chi connectivity index (χ3v) is 4.97. The highest BCUT2D eigenvalue weighted by Crippen LogP contribution is 2.32. The molecule has 1 fully saturated rings. The molecule has 0 saturated carbocycles. The summed E-state index contributed by atoms with van der Waals surface area (Å²) in [6.45, 7) is 2.11. The van der Waals surface area contributed by atoms with Gasteiger partial charge in [-0.2, -0.15) is 5.10 Å².